The summed E-state index contributed by atoms with van der Waals surface area (Å²) in [6.07, 6.45) is 5.02. The molecule has 0 aromatic carbocycles. The highest BCUT2D eigenvalue weighted by molar-refractivity contribution is 5.68. The molecule has 3 heteroatoms. The van der Waals surface area contributed by atoms with Gasteiger partial charge in [0.05, 0.1) is 0 Å². The molecule has 1 aliphatic rings. The second kappa shape index (κ2) is 5.37. The van der Waals surface area contributed by atoms with E-state index in [2.05, 4.69) is 6.58 Å². The van der Waals surface area contributed by atoms with E-state index < -0.39 is 5.60 Å². The maximum Gasteiger partial charge on any atom is 0.410 e. The summed E-state index contributed by atoms with van der Waals surface area (Å²) < 4.78 is 5.34. The molecule has 0 unspecified atom stereocenters. The molecule has 3 nitrogen and oxygen atoms in total. The quantitative estimate of drug-likeness (QED) is 0.690. The highest BCUT2D eigenvalue weighted by Crippen LogP contribution is 2.22. The van der Waals surface area contributed by atoms with Gasteiger partial charge in [-0.25, -0.2) is 4.79 Å². The topological polar surface area (TPSA) is 29.5 Å². The predicted molar refractivity (Wildman–Crippen MR) is 65.3 cm³/mol. The van der Waals surface area contributed by atoms with Crippen LogP contribution in [0.25, 0.3) is 0 Å². The van der Waals surface area contributed by atoms with E-state index in [9.17, 15) is 4.79 Å². The van der Waals surface area contributed by atoms with Crippen molar-refractivity contribution in [3.05, 3.63) is 12.7 Å². The van der Waals surface area contributed by atoms with Gasteiger partial charge in [0.1, 0.15) is 5.60 Å². The fourth-order valence-corrected chi connectivity index (χ4v) is 1.91. The van der Waals surface area contributed by atoms with E-state index in [0.717, 1.165) is 32.4 Å². The van der Waals surface area contributed by atoms with E-state index in [-0.39, 0.29) is 6.09 Å². The van der Waals surface area contributed by atoms with E-state index in [0.29, 0.717) is 5.92 Å². The predicted octanol–water partition coefficient (Wildman–Crippen LogP) is 3.21. The number of amides is 1. The largest absolute Gasteiger partial charge is 0.444 e. The van der Waals surface area contributed by atoms with Crippen molar-refractivity contribution < 1.29 is 9.53 Å². The summed E-state index contributed by atoms with van der Waals surface area (Å²) >= 11 is 0. The van der Waals surface area contributed by atoms with Crippen LogP contribution >= 0.6 is 0 Å². The standard InChI is InChI=1S/C13H23NO2/c1-5-6-7-11-8-9-14(10-11)12(15)16-13(2,3)4/h5,11H,1,6-10H2,2-4H3/t11-/m0/s1. The first-order valence-electron chi connectivity index (χ1n) is 6.01. The highest BCUT2D eigenvalue weighted by atomic mass is 16.6. The van der Waals surface area contributed by atoms with Crippen molar-refractivity contribution >= 4 is 6.09 Å². The first kappa shape index (κ1) is 13.1. The molecular weight excluding hydrogens is 202 g/mol. The van der Waals surface area contributed by atoms with Gasteiger partial charge < -0.3 is 9.64 Å². The molecule has 1 heterocycles. The molecule has 1 fully saturated rings. The van der Waals surface area contributed by atoms with Crippen LogP contribution in [0.1, 0.15) is 40.0 Å². The van der Waals surface area contributed by atoms with Gasteiger partial charge in [-0.3, -0.25) is 0 Å². The van der Waals surface area contributed by atoms with E-state index in [4.69, 9.17) is 4.74 Å². The van der Waals surface area contributed by atoms with Crippen molar-refractivity contribution in [3.63, 3.8) is 0 Å². The van der Waals surface area contributed by atoms with E-state index in [1.165, 1.54) is 0 Å². The number of carbonyl (C=O) groups excluding carboxylic acids is 1. The molecule has 1 amide bonds. The molecule has 0 aromatic rings. The second-order valence-electron chi connectivity index (χ2n) is 5.45. The molecule has 0 aliphatic carbocycles. The van der Waals surface area contributed by atoms with Crippen LogP contribution in [0, 0.1) is 5.92 Å². The van der Waals surface area contributed by atoms with Crippen LogP contribution in [0.4, 0.5) is 4.79 Å². The molecule has 0 saturated carbocycles. The number of allylic oxidation sites excluding steroid dienone is 1. The highest BCUT2D eigenvalue weighted by Gasteiger charge is 2.29. The maximum atomic E-state index is 11.8. The van der Waals surface area contributed by atoms with Crippen molar-refractivity contribution in [1.29, 1.82) is 0 Å². The zero-order chi connectivity index (χ0) is 12.2. The first-order chi connectivity index (χ1) is 7.42. The zero-order valence-corrected chi connectivity index (χ0v) is 10.7. The Morgan fingerprint density at radius 1 is 1.56 bits per heavy atom. The van der Waals surface area contributed by atoms with Crippen LogP contribution in [0.5, 0.6) is 0 Å². The molecule has 16 heavy (non-hydrogen) atoms. The summed E-state index contributed by atoms with van der Waals surface area (Å²) in [6, 6.07) is 0. The van der Waals surface area contributed by atoms with Gasteiger partial charge in [0.25, 0.3) is 0 Å². The fourth-order valence-electron chi connectivity index (χ4n) is 1.91. The summed E-state index contributed by atoms with van der Waals surface area (Å²) in [6.45, 7) is 11.1. The molecule has 0 spiro atoms. The van der Waals surface area contributed by atoms with Gasteiger partial charge in [-0.1, -0.05) is 6.08 Å². The van der Waals surface area contributed by atoms with Gasteiger partial charge in [-0.2, -0.15) is 0 Å². The Kier molecular flexibility index (Phi) is 4.39. The van der Waals surface area contributed by atoms with Crippen molar-refractivity contribution in [2.45, 2.75) is 45.6 Å². The monoisotopic (exact) mass is 225 g/mol. The third-order valence-electron chi connectivity index (χ3n) is 2.72. The number of hydrogen-bond acceptors (Lipinski definition) is 2. The number of rotatable bonds is 3. The Balaban J connectivity index is 2.35. The number of hydrogen-bond donors (Lipinski definition) is 0. The van der Waals surface area contributed by atoms with Crippen molar-refractivity contribution in [1.82, 2.24) is 4.90 Å². The van der Waals surface area contributed by atoms with Crippen molar-refractivity contribution in [3.8, 4) is 0 Å². The smallest absolute Gasteiger partial charge is 0.410 e. The Morgan fingerprint density at radius 2 is 2.25 bits per heavy atom. The van der Waals surface area contributed by atoms with Gasteiger partial charge in [0, 0.05) is 13.1 Å². The van der Waals surface area contributed by atoms with Crippen LogP contribution in [0.2, 0.25) is 0 Å². The van der Waals surface area contributed by atoms with Crippen LogP contribution in [-0.2, 0) is 4.74 Å². The van der Waals surface area contributed by atoms with Gasteiger partial charge in [0.2, 0.25) is 0 Å². The van der Waals surface area contributed by atoms with Gasteiger partial charge in [-0.05, 0) is 46.0 Å². The molecule has 1 aliphatic heterocycles. The Bertz CT molecular complexity index is 255. The van der Waals surface area contributed by atoms with E-state index >= 15 is 0 Å². The number of carbonyl (C=O) groups is 1. The Labute approximate surface area is 98.5 Å². The summed E-state index contributed by atoms with van der Waals surface area (Å²) in [4.78, 5) is 13.6. The Hall–Kier alpha value is -0.990. The van der Waals surface area contributed by atoms with Gasteiger partial charge in [-0.15, -0.1) is 6.58 Å². The van der Waals surface area contributed by atoms with Crippen molar-refractivity contribution in [2.75, 3.05) is 13.1 Å². The van der Waals surface area contributed by atoms with Crippen molar-refractivity contribution in [2.24, 2.45) is 5.92 Å². The lowest BCUT2D eigenvalue weighted by Gasteiger charge is -2.24. The Morgan fingerprint density at radius 3 is 2.81 bits per heavy atom. The van der Waals surface area contributed by atoms with E-state index in [1.807, 2.05) is 31.7 Å². The minimum absolute atomic E-state index is 0.173. The van der Waals surface area contributed by atoms with Crippen LogP contribution in [0.3, 0.4) is 0 Å². The number of ether oxygens (including phenoxy) is 1. The summed E-state index contributed by atoms with van der Waals surface area (Å²) in [7, 11) is 0. The molecule has 1 rings (SSSR count). The van der Waals surface area contributed by atoms with Crippen LogP contribution in [0.15, 0.2) is 12.7 Å². The molecular formula is C13H23NO2. The molecule has 0 aromatic heterocycles. The molecule has 1 atom stereocenters. The zero-order valence-electron chi connectivity index (χ0n) is 10.7. The lowest BCUT2D eigenvalue weighted by Crippen LogP contribution is -2.35. The fraction of sp³-hybridized carbons (Fsp3) is 0.769. The average Bonchev–Trinajstić information content (AvgIpc) is 2.60. The van der Waals surface area contributed by atoms with Gasteiger partial charge >= 0.3 is 6.09 Å². The molecule has 1 saturated heterocycles. The summed E-state index contributed by atoms with van der Waals surface area (Å²) in [5, 5.41) is 0. The number of likely N-dealkylation sites (tertiary alicyclic amines) is 1. The normalized spacial score (nSPS) is 20.9. The minimum Gasteiger partial charge on any atom is -0.444 e. The summed E-state index contributed by atoms with van der Waals surface area (Å²) in [5.74, 6) is 0.616. The second-order valence-corrected chi connectivity index (χ2v) is 5.45. The lowest BCUT2D eigenvalue weighted by molar-refractivity contribution is 0.0288. The minimum atomic E-state index is -0.393. The lowest BCUT2D eigenvalue weighted by atomic mass is 10.0. The van der Waals surface area contributed by atoms with Crippen LogP contribution < -0.4 is 0 Å². The molecule has 0 bridgehead atoms. The third-order valence-corrected chi connectivity index (χ3v) is 2.72. The third kappa shape index (κ3) is 4.25. The average molecular weight is 225 g/mol. The van der Waals surface area contributed by atoms with Crippen LogP contribution in [-0.4, -0.2) is 29.7 Å². The number of nitrogens with zero attached hydrogens (tertiary/aromatic N) is 1. The molecule has 0 N–H and O–H groups in total. The maximum absolute atomic E-state index is 11.8. The SMILES string of the molecule is C=CCC[C@H]1CCN(C(=O)OC(C)(C)C)C1. The molecule has 0 radical (unpaired) electrons. The van der Waals surface area contributed by atoms with E-state index in [1.54, 1.807) is 0 Å². The first-order valence-corrected chi connectivity index (χ1v) is 6.01. The summed E-state index contributed by atoms with van der Waals surface area (Å²) in [5.41, 5.74) is -0.393. The van der Waals surface area contributed by atoms with Gasteiger partial charge in [0.15, 0.2) is 0 Å². The molecule has 92 valence electrons.